The molecule has 0 fully saturated rings. The van der Waals surface area contributed by atoms with Crippen molar-refractivity contribution >= 4 is 0 Å². The lowest BCUT2D eigenvalue weighted by Gasteiger charge is -2.19. The number of hydrogen-bond donors (Lipinski definition) is 1. The summed E-state index contributed by atoms with van der Waals surface area (Å²) in [7, 11) is 0. The Morgan fingerprint density at radius 1 is 1.26 bits per heavy atom. The molecule has 0 unspecified atom stereocenters. The van der Waals surface area contributed by atoms with Crippen LogP contribution in [0.25, 0.3) is 11.5 Å². The topological polar surface area (TPSA) is 63.8 Å². The molecule has 0 aliphatic rings. The maximum absolute atomic E-state index is 5.61. The van der Waals surface area contributed by atoms with Crippen molar-refractivity contribution in [2.24, 2.45) is 0 Å². The molecular formula is C14H20N4O. The van der Waals surface area contributed by atoms with Gasteiger partial charge in [0.1, 0.15) is 0 Å². The summed E-state index contributed by atoms with van der Waals surface area (Å²) in [5, 5.41) is 11.5. The highest BCUT2D eigenvalue weighted by Gasteiger charge is 2.10. The van der Waals surface area contributed by atoms with Crippen LogP contribution in [0.4, 0.5) is 0 Å². The first-order valence-corrected chi connectivity index (χ1v) is 6.52. The van der Waals surface area contributed by atoms with Gasteiger partial charge in [-0.15, -0.1) is 10.2 Å². The highest BCUT2D eigenvalue weighted by molar-refractivity contribution is 5.49. The standard InChI is InChI=1S/C14H20N4O/c1-14(2,3)16-9-5-7-12-17-18-13(19-12)11-6-4-8-15-10-11/h4,6,8,10,16H,5,7,9H2,1-3H3. The van der Waals surface area contributed by atoms with E-state index in [1.807, 2.05) is 12.1 Å². The minimum absolute atomic E-state index is 0.149. The third-order valence-electron chi connectivity index (χ3n) is 2.60. The summed E-state index contributed by atoms with van der Waals surface area (Å²) in [5.74, 6) is 1.21. The van der Waals surface area contributed by atoms with E-state index in [0.717, 1.165) is 24.9 Å². The molecule has 102 valence electrons. The number of rotatable bonds is 5. The molecule has 0 saturated carbocycles. The van der Waals surface area contributed by atoms with Gasteiger partial charge >= 0.3 is 0 Å². The Kier molecular flexibility index (Phi) is 4.27. The van der Waals surface area contributed by atoms with Gasteiger partial charge in [0.05, 0.1) is 5.56 Å². The molecule has 2 aromatic rings. The van der Waals surface area contributed by atoms with Gasteiger partial charge in [0.25, 0.3) is 0 Å². The normalized spacial score (nSPS) is 11.7. The van der Waals surface area contributed by atoms with Crippen molar-refractivity contribution in [2.75, 3.05) is 6.54 Å². The average Bonchev–Trinajstić information content (AvgIpc) is 2.83. The molecule has 5 heteroatoms. The maximum Gasteiger partial charge on any atom is 0.249 e. The predicted molar refractivity (Wildman–Crippen MR) is 73.6 cm³/mol. The lowest BCUT2D eigenvalue weighted by molar-refractivity contribution is 0.412. The first kappa shape index (κ1) is 13.7. The first-order chi connectivity index (χ1) is 9.04. The number of pyridine rings is 1. The smallest absolute Gasteiger partial charge is 0.249 e. The summed E-state index contributed by atoms with van der Waals surface area (Å²) >= 11 is 0. The highest BCUT2D eigenvalue weighted by Crippen LogP contribution is 2.16. The van der Waals surface area contributed by atoms with Gasteiger partial charge in [0.15, 0.2) is 0 Å². The summed E-state index contributed by atoms with van der Waals surface area (Å²) in [5.41, 5.74) is 1.00. The third kappa shape index (κ3) is 4.44. The summed E-state index contributed by atoms with van der Waals surface area (Å²) < 4.78 is 5.61. The molecule has 0 aliphatic heterocycles. The van der Waals surface area contributed by atoms with E-state index in [0.29, 0.717) is 11.8 Å². The molecule has 0 aliphatic carbocycles. The van der Waals surface area contributed by atoms with E-state index in [4.69, 9.17) is 4.42 Å². The monoisotopic (exact) mass is 260 g/mol. The second-order valence-electron chi connectivity index (χ2n) is 5.52. The number of aromatic nitrogens is 3. The lowest BCUT2D eigenvalue weighted by Crippen LogP contribution is -2.36. The summed E-state index contributed by atoms with van der Waals surface area (Å²) in [6.45, 7) is 7.40. The molecule has 2 heterocycles. The van der Waals surface area contributed by atoms with E-state index in [9.17, 15) is 0 Å². The van der Waals surface area contributed by atoms with Gasteiger partial charge in [0.2, 0.25) is 11.8 Å². The zero-order valence-electron chi connectivity index (χ0n) is 11.7. The third-order valence-corrected chi connectivity index (χ3v) is 2.60. The Morgan fingerprint density at radius 3 is 2.79 bits per heavy atom. The molecule has 2 aromatic heterocycles. The summed E-state index contributed by atoms with van der Waals surface area (Å²) in [6, 6.07) is 3.76. The van der Waals surface area contributed by atoms with Crippen LogP contribution in [0.1, 0.15) is 33.1 Å². The van der Waals surface area contributed by atoms with Gasteiger partial charge in [-0.2, -0.15) is 0 Å². The molecule has 0 saturated heterocycles. The van der Waals surface area contributed by atoms with Crippen molar-refractivity contribution in [1.82, 2.24) is 20.5 Å². The van der Waals surface area contributed by atoms with Crippen LogP contribution in [0.15, 0.2) is 28.9 Å². The van der Waals surface area contributed by atoms with Crippen molar-refractivity contribution in [3.63, 3.8) is 0 Å². The Hall–Kier alpha value is -1.75. The Balaban J connectivity index is 1.85. The van der Waals surface area contributed by atoms with Crippen LogP contribution in [0, 0.1) is 0 Å². The van der Waals surface area contributed by atoms with E-state index in [2.05, 4.69) is 41.3 Å². The lowest BCUT2D eigenvalue weighted by atomic mass is 10.1. The van der Waals surface area contributed by atoms with Crippen LogP contribution in [-0.4, -0.2) is 27.3 Å². The predicted octanol–water partition coefficient (Wildman–Crippen LogP) is 2.45. The van der Waals surface area contributed by atoms with Crippen molar-refractivity contribution in [2.45, 2.75) is 39.2 Å². The van der Waals surface area contributed by atoms with Crippen LogP contribution in [-0.2, 0) is 6.42 Å². The molecule has 0 amide bonds. The minimum atomic E-state index is 0.149. The van der Waals surface area contributed by atoms with Crippen molar-refractivity contribution < 1.29 is 4.42 Å². The maximum atomic E-state index is 5.61. The molecule has 0 spiro atoms. The molecular weight excluding hydrogens is 240 g/mol. The number of nitrogens with zero attached hydrogens (tertiary/aromatic N) is 3. The van der Waals surface area contributed by atoms with E-state index < -0.39 is 0 Å². The molecule has 2 rings (SSSR count). The van der Waals surface area contributed by atoms with E-state index in [1.165, 1.54) is 0 Å². The van der Waals surface area contributed by atoms with Crippen molar-refractivity contribution in [3.05, 3.63) is 30.4 Å². The fraction of sp³-hybridized carbons (Fsp3) is 0.500. The van der Waals surface area contributed by atoms with E-state index in [-0.39, 0.29) is 5.54 Å². The molecule has 0 atom stereocenters. The second kappa shape index (κ2) is 5.93. The molecule has 0 bridgehead atoms. The van der Waals surface area contributed by atoms with Crippen LogP contribution < -0.4 is 5.32 Å². The fourth-order valence-electron chi connectivity index (χ4n) is 1.66. The zero-order valence-corrected chi connectivity index (χ0v) is 11.7. The number of hydrogen-bond acceptors (Lipinski definition) is 5. The largest absolute Gasteiger partial charge is 0.421 e. The van der Waals surface area contributed by atoms with Gasteiger partial charge in [0, 0.05) is 24.4 Å². The molecule has 0 aromatic carbocycles. The Bertz CT molecular complexity index is 502. The van der Waals surface area contributed by atoms with E-state index in [1.54, 1.807) is 12.4 Å². The average molecular weight is 260 g/mol. The quantitative estimate of drug-likeness (QED) is 0.837. The van der Waals surface area contributed by atoms with Gasteiger partial charge < -0.3 is 9.73 Å². The fourth-order valence-corrected chi connectivity index (χ4v) is 1.66. The van der Waals surface area contributed by atoms with Crippen molar-refractivity contribution in [1.29, 1.82) is 0 Å². The van der Waals surface area contributed by atoms with E-state index >= 15 is 0 Å². The highest BCUT2D eigenvalue weighted by atomic mass is 16.4. The summed E-state index contributed by atoms with van der Waals surface area (Å²) in [4.78, 5) is 4.03. The SMILES string of the molecule is CC(C)(C)NCCCc1nnc(-c2cccnc2)o1. The van der Waals surface area contributed by atoms with Crippen molar-refractivity contribution in [3.8, 4) is 11.5 Å². The first-order valence-electron chi connectivity index (χ1n) is 6.52. The Morgan fingerprint density at radius 2 is 2.11 bits per heavy atom. The number of aryl methyl sites for hydroxylation is 1. The van der Waals surface area contributed by atoms with Gasteiger partial charge in [-0.1, -0.05) is 0 Å². The molecule has 1 N–H and O–H groups in total. The Labute approximate surface area is 113 Å². The number of nitrogens with one attached hydrogen (secondary N) is 1. The van der Waals surface area contributed by atoms with Crippen LogP contribution >= 0.6 is 0 Å². The molecule has 5 nitrogen and oxygen atoms in total. The van der Waals surface area contributed by atoms with Gasteiger partial charge in [-0.05, 0) is 45.9 Å². The zero-order chi connectivity index (χ0) is 13.7. The summed E-state index contributed by atoms with van der Waals surface area (Å²) in [6.07, 6.45) is 5.21. The van der Waals surface area contributed by atoms with Crippen LogP contribution in [0.5, 0.6) is 0 Å². The molecule has 0 radical (unpaired) electrons. The van der Waals surface area contributed by atoms with Crippen LogP contribution in [0.3, 0.4) is 0 Å². The molecule has 19 heavy (non-hydrogen) atoms. The van der Waals surface area contributed by atoms with Crippen LogP contribution in [0.2, 0.25) is 0 Å². The minimum Gasteiger partial charge on any atom is -0.421 e. The van der Waals surface area contributed by atoms with Gasteiger partial charge in [-0.3, -0.25) is 4.98 Å². The second-order valence-corrected chi connectivity index (χ2v) is 5.52. The van der Waals surface area contributed by atoms with Gasteiger partial charge in [-0.25, -0.2) is 0 Å².